The van der Waals surface area contributed by atoms with E-state index in [1.807, 2.05) is 0 Å². The summed E-state index contributed by atoms with van der Waals surface area (Å²) in [4.78, 5) is 23.3. The van der Waals surface area contributed by atoms with Crippen LogP contribution in [0.2, 0.25) is 0 Å². The summed E-state index contributed by atoms with van der Waals surface area (Å²) in [5.41, 5.74) is 3.71. The highest BCUT2D eigenvalue weighted by atomic mass is 19.1. The number of carbonyl (C=O) groups is 2. The summed E-state index contributed by atoms with van der Waals surface area (Å²) in [5, 5.41) is 6.17. The predicted octanol–water partition coefficient (Wildman–Crippen LogP) is 2.76. The zero-order valence-corrected chi connectivity index (χ0v) is 15.3. The van der Waals surface area contributed by atoms with Gasteiger partial charge in [-0.2, -0.15) is 5.10 Å². The molecule has 0 unspecified atom stereocenters. The van der Waals surface area contributed by atoms with E-state index in [1.54, 1.807) is 48.5 Å². The molecule has 0 aliphatic rings. The summed E-state index contributed by atoms with van der Waals surface area (Å²) >= 11 is 0. The molecule has 0 radical (unpaired) electrons. The molecule has 3 aromatic rings. The topological polar surface area (TPSA) is 92.9 Å². The van der Waals surface area contributed by atoms with E-state index >= 15 is 0 Å². The molecular formula is C21H18FN3O4. The Morgan fingerprint density at radius 1 is 1.03 bits per heavy atom. The van der Waals surface area contributed by atoms with Crippen LogP contribution in [0.1, 0.15) is 16.9 Å². The molecule has 8 heteroatoms. The van der Waals surface area contributed by atoms with E-state index in [4.69, 9.17) is 9.15 Å². The highest BCUT2D eigenvalue weighted by Gasteiger charge is 2.12. The van der Waals surface area contributed by atoms with Crippen molar-refractivity contribution in [3.8, 4) is 5.75 Å². The average molecular weight is 395 g/mol. The first kappa shape index (κ1) is 19.8. The quantitative estimate of drug-likeness (QED) is 0.366. The van der Waals surface area contributed by atoms with Crippen LogP contribution < -0.4 is 15.5 Å². The lowest BCUT2D eigenvalue weighted by molar-refractivity contribution is -0.139. The number of hydrazone groups is 1. The van der Waals surface area contributed by atoms with Crippen molar-refractivity contribution in [3.05, 3.63) is 89.6 Å². The Bertz CT molecular complexity index is 968. The SMILES string of the molecule is O=C(NCc1ccco1)C(=O)N/N=C\c1ccc(OCc2ccc(F)cc2)cc1. The molecule has 29 heavy (non-hydrogen) atoms. The summed E-state index contributed by atoms with van der Waals surface area (Å²) in [5.74, 6) is -0.821. The average Bonchev–Trinajstić information content (AvgIpc) is 3.26. The normalized spacial score (nSPS) is 10.7. The van der Waals surface area contributed by atoms with Crippen molar-refractivity contribution < 1.29 is 23.1 Å². The van der Waals surface area contributed by atoms with Gasteiger partial charge >= 0.3 is 11.8 Å². The molecule has 0 saturated carbocycles. The van der Waals surface area contributed by atoms with E-state index in [-0.39, 0.29) is 12.4 Å². The Balaban J connectivity index is 1.42. The molecule has 0 spiro atoms. The van der Waals surface area contributed by atoms with E-state index in [1.165, 1.54) is 24.6 Å². The lowest BCUT2D eigenvalue weighted by Crippen LogP contribution is -2.37. The fourth-order valence-electron chi connectivity index (χ4n) is 2.27. The molecular weight excluding hydrogens is 377 g/mol. The number of carbonyl (C=O) groups excluding carboxylic acids is 2. The molecule has 0 atom stereocenters. The molecule has 3 rings (SSSR count). The number of amides is 2. The summed E-state index contributed by atoms with van der Waals surface area (Å²) in [6.45, 7) is 0.430. The Kier molecular flexibility index (Phi) is 6.72. The second-order valence-corrected chi connectivity index (χ2v) is 5.95. The van der Waals surface area contributed by atoms with Crippen LogP contribution >= 0.6 is 0 Å². The van der Waals surface area contributed by atoms with Gasteiger partial charge in [0, 0.05) is 0 Å². The highest BCUT2D eigenvalue weighted by Crippen LogP contribution is 2.13. The number of nitrogens with one attached hydrogen (secondary N) is 2. The van der Waals surface area contributed by atoms with Crippen molar-refractivity contribution >= 4 is 18.0 Å². The van der Waals surface area contributed by atoms with Gasteiger partial charge < -0.3 is 14.5 Å². The van der Waals surface area contributed by atoms with Crippen LogP contribution in [-0.4, -0.2) is 18.0 Å². The highest BCUT2D eigenvalue weighted by molar-refractivity contribution is 6.35. The number of hydrogen-bond donors (Lipinski definition) is 2. The Morgan fingerprint density at radius 3 is 2.48 bits per heavy atom. The van der Waals surface area contributed by atoms with Crippen LogP contribution in [0.4, 0.5) is 4.39 Å². The molecule has 148 valence electrons. The number of rotatable bonds is 7. The van der Waals surface area contributed by atoms with E-state index in [0.717, 1.165) is 5.56 Å². The number of benzene rings is 2. The molecule has 0 bridgehead atoms. The second-order valence-electron chi connectivity index (χ2n) is 5.95. The number of hydrogen-bond acceptors (Lipinski definition) is 5. The van der Waals surface area contributed by atoms with E-state index in [0.29, 0.717) is 23.7 Å². The van der Waals surface area contributed by atoms with Crippen molar-refractivity contribution in [1.29, 1.82) is 0 Å². The number of halogens is 1. The van der Waals surface area contributed by atoms with Gasteiger partial charge in [0.1, 0.15) is 23.9 Å². The maximum Gasteiger partial charge on any atom is 0.329 e. The second kappa shape index (κ2) is 9.84. The van der Waals surface area contributed by atoms with E-state index in [9.17, 15) is 14.0 Å². The largest absolute Gasteiger partial charge is 0.489 e. The van der Waals surface area contributed by atoms with Crippen LogP contribution in [0.5, 0.6) is 5.75 Å². The molecule has 0 aliphatic carbocycles. The van der Waals surface area contributed by atoms with Gasteiger partial charge in [-0.05, 0) is 59.7 Å². The van der Waals surface area contributed by atoms with Gasteiger partial charge in [-0.1, -0.05) is 12.1 Å². The number of nitrogens with zero attached hydrogens (tertiary/aromatic N) is 1. The summed E-state index contributed by atoms with van der Waals surface area (Å²) < 4.78 is 23.6. The van der Waals surface area contributed by atoms with E-state index < -0.39 is 11.8 Å². The predicted molar refractivity (Wildman–Crippen MR) is 103 cm³/mol. The van der Waals surface area contributed by atoms with Crippen molar-refractivity contribution in [3.63, 3.8) is 0 Å². The number of furan rings is 1. The zero-order chi connectivity index (χ0) is 20.5. The first-order valence-corrected chi connectivity index (χ1v) is 8.71. The molecule has 7 nitrogen and oxygen atoms in total. The minimum Gasteiger partial charge on any atom is -0.489 e. The fraction of sp³-hybridized carbons (Fsp3) is 0.0952. The van der Waals surface area contributed by atoms with Crippen LogP contribution in [-0.2, 0) is 22.7 Å². The van der Waals surface area contributed by atoms with Crippen LogP contribution in [0.3, 0.4) is 0 Å². The molecule has 0 saturated heterocycles. The third-order valence-corrected chi connectivity index (χ3v) is 3.79. The van der Waals surface area contributed by atoms with Gasteiger partial charge in [0.05, 0.1) is 19.0 Å². The van der Waals surface area contributed by atoms with E-state index in [2.05, 4.69) is 15.8 Å². The van der Waals surface area contributed by atoms with Gasteiger partial charge in [-0.15, -0.1) is 0 Å². The Hall–Kier alpha value is -3.94. The fourth-order valence-corrected chi connectivity index (χ4v) is 2.27. The molecule has 0 aliphatic heterocycles. The molecule has 1 heterocycles. The van der Waals surface area contributed by atoms with Crippen molar-refractivity contribution in [2.75, 3.05) is 0 Å². The van der Waals surface area contributed by atoms with Gasteiger partial charge in [0.2, 0.25) is 0 Å². The third-order valence-electron chi connectivity index (χ3n) is 3.79. The van der Waals surface area contributed by atoms with Crippen molar-refractivity contribution in [2.24, 2.45) is 5.10 Å². The first-order chi connectivity index (χ1) is 14.1. The van der Waals surface area contributed by atoms with Crippen molar-refractivity contribution in [1.82, 2.24) is 10.7 Å². The monoisotopic (exact) mass is 395 g/mol. The standard InChI is InChI=1S/C21H18FN3O4/c22-17-7-3-16(4-8-17)14-29-18-9-5-15(6-10-18)12-24-25-21(27)20(26)23-13-19-2-1-11-28-19/h1-12H,13-14H2,(H,23,26)(H,25,27)/b24-12-. The zero-order valence-electron chi connectivity index (χ0n) is 15.3. The minimum absolute atomic E-state index is 0.113. The van der Waals surface area contributed by atoms with Gasteiger partial charge in [-0.25, -0.2) is 9.82 Å². The summed E-state index contributed by atoms with van der Waals surface area (Å²) in [6.07, 6.45) is 2.88. The lowest BCUT2D eigenvalue weighted by atomic mass is 10.2. The van der Waals surface area contributed by atoms with Crippen LogP contribution in [0.25, 0.3) is 0 Å². The smallest absolute Gasteiger partial charge is 0.329 e. The third kappa shape index (κ3) is 6.31. The molecule has 1 aromatic heterocycles. The van der Waals surface area contributed by atoms with Crippen molar-refractivity contribution in [2.45, 2.75) is 13.2 Å². The molecule has 0 fully saturated rings. The lowest BCUT2D eigenvalue weighted by Gasteiger charge is -2.06. The molecule has 2 aromatic carbocycles. The Labute approximate surface area is 166 Å². The maximum absolute atomic E-state index is 12.9. The number of ether oxygens (including phenoxy) is 1. The first-order valence-electron chi connectivity index (χ1n) is 8.71. The summed E-state index contributed by atoms with van der Waals surface area (Å²) in [6, 6.07) is 16.4. The minimum atomic E-state index is -0.882. The Morgan fingerprint density at radius 2 is 1.79 bits per heavy atom. The van der Waals surface area contributed by atoms with Crippen LogP contribution in [0, 0.1) is 5.82 Å². The maximum atomic E-state index is 12.9. The molecule has 2 N–H and O–H groups in total. The summed E-state index contributed by atoms with van der Waals surface area (Å²) in [7, 11) is 0. The van der Waals surface area contributed by atoms with Crippen LogP contribution in [0.15, 0.2) is 76.4 Å². The van der Waals surface area contributed by atoms with Gasteiger partial charge in [0.15, 0.2) is 0 Å². The van der Waals surface area contributed by atoms with Gasteiger partial charge in [0.25, 0.3) is 0 Å². The molecule has 2 amide bonds. The van der Waals surface area contributed by atoms with Gasteiger partial charge in [-0.3, -0.25) is 9.59 Å².